The highest BCUT2D eigenvalue weighted by Gasteiger charge is 2.33. The third-order valence-corrected chi connectivity index (χ3v) is 5.74. The fourth-order valence-corrected chi connectivity index (χ4v) is 4.27. The number of nitriles is 1. The van der Waals surface area contributed by atoms with Crippen LogP contribution < -0.4 is 4.72 Å². The van der Waals surface area contributed by atoms with Gasteiger partial charge in [0.05, 0.1) is 22.8 Å². The number of benzene rings is 2. The van der Waals surface area contributed by atoms with Crippen LogP contribution in [0.1, 0.15) is 31.7 Å². The summed E-state index contributed by atoms with van der Waals surface area (Å²) in [5.74, 6) is -0.291. The van der Waals surface area contributed by atoms with Crippen molar-refractivity contribution in [3.05, 3.63) is 65.1 Å². The van der Waals surface area contributed by atoms with Gasteiger partial charge in [-0.2, -0.15) is 5.26 Å². The van der Waals surface area contributed by atoms with E-state index in [-0.39, 0.29) is 5.82 Å². The van der Waals surface area contributed by atoms with Gasteiger partial charge < -0.3 is 9.29 Å². The number of nitrogens with zero attached hydrogens (tertiary/aromatic N) is 2. The zero-order valence-corrected chi connectivity index (χ0v) is 16.9. The Morgan fingerprint density at radius 1 is 1.26 bits per heavy atom. The lowest BCUT2D eigenvalue weighted by Crippen LogP contribution is -2.33. The number of anilines is 1. The highest BCUT2D eigenvalue weighted by atomic mass is 35.5. The lowest BCUT2D eigenvalue weighted by molar-refractivity contribution is 0.328. The molecule has 2 aromatic carbocycles. The minimum atomic E-state index is -0.452. The maximum absolute atomic E-state index is 14.3. The van der Waals surface area contributed by atoms with Crippen LogP contribution in [0.5, 0.6) is 0 Å². The number of hydrogen-bond acceptors (Lipinski definition) is 3. The Morgan fingerprint density at radius 3 is 2.63 bits per heavy atom. The largest absolute Gasteiger partial charge is 0.337 e. The molecule has 1 unspecified atom stereocenters. The van der Waals surface area contributed by atoms with Crippen LogP contribution in [0.3, 0.4) is 0 Å². The molecule has 0 aliphatic carbocycles. The van der Waals surface area contributed by atoms with Gasteiger partial charge in [-0.1, -0.05) is 42.6 Å². The Balaban J connectivity index is 2.26. The highest BCUT2D eigenvalue weighted by molar-refractivity contribution is 7.99. The molecule has 140 valence electrons. The molecule has 0 radical (unpaired) electrons. The van der Waals surface area contributed by atoms with E-state index >= 15 is 0 Å². The quantitative estimate of drug-likeness (QED) is 0.454. The van der Waals surface area contributed by atoms with Gasteiger partial charge >= 0.3 is 0 Å². The standard InChI is InChI=1S/C21H21ClFN3S/c1-3-21(10-4-11-24,15-5-7-16(22)8-6-15)26-12-9-18-19(25-27-2)13-17(23)14-20(18)26/h5-9,12-14,25H,3-4,10H2,1-2H3. The summed E-state index contributed by atoms with van der Waals surface area (Å²) in [7, 11) is 0. The van der Waals surface area contributed by atoms with Crippen LogP contribution in [-0.2, 0) is 5.54 Å². The molecule has 0 fully saturated rings. The fraction of sp³-hybridized carbons (Fsp3) is 0.286. The average Bonchev–Trinajstić information content (AvgIpc) is 3.08. The van der Waals surface area contributed by atoms with E-state index in [0.29, 0.717) is 17.9 Å². The number of halogens is 2. The molecule has 0 aliphatic heterocycles. The van der Waals surface area contributed by atoms with Crippen molar-refractivity contribution in [2.45, 2.75) is 31.7 Å². The Kier molecular flexibility index (Phi) is 5.98. The Morgan fingerprint density at radius 2 is 2.00 bits per heavy atom. The molecule has 1 N–H and O–H groups in total. The van der Waals surface area contributed by atoms with Crippen LogP contribution >= 0.6 is 23.5 Å². The molecule has 3 nitrogen and oxygen atoms in total. The minimum absolute atomic E-state index is 0.291. The minimum Gasteiger partial charge on any atom is -0.337 e. The molecule has 0 bridgehead atoms. The van der Waals surface area contributed by atoms with Crippen LogP contribution in [0.4, 0.5) is 10.1 Å². The monoisotopic (exact) mass is 401 g/mol. The molecule has 0 aliphatic rings. The SMILES string of the molecule is CCC(CCC#N)(c1ccc(Cl)cc1)n1ccc2c(NSC)cc(F)cc21. The Bertz CT molecular complexity index is 977. The predicted octanol–water partition coefficient (Wildman–Crippen LogP) is 6.58. The Hall–Kier alpha value is -2.16. The van der Waals surface area contributed by atoms with Crippen LogP contribution in [0.15, 0.2) is 48.7 Å². The maximum atomic E-state index is 14.3. The van der Waals surface area contributed by atoms with Gasteiger partial charge in [-0.05, 0) is 48.7 Å². The van der Waals surface area contributed by atoms with E-state index in [9.17, 15) is 9.65 Å². The number of rotatable bonds is 7. The molecule has 6 heteroatoms. The number of fused-ring (bicyclic) bond motifs is 1. The van der Waals surface area contributed by atoms with Crippen molar-refractivity contribution in [1.29, 1.82) is 5.26 Å². The summed E-state index contributed by atoms with van der Waals surface area (Å²) in [6.45, 7) is 2.10. The second kappa shape index (κ2) is 8.24. The molecule has 0 saturated carbocycles. The first-order chi connectivity index (χ1) is 13.1. The highest BCUT2D eigenvalue weighted by Crippen LogP contribution is 2.40. The summed E-state index contributed by atoms with van der Waals surface area (Å²) >= 11 is 7.52. The number of hydrogen-bond donors (Lipinski definition) is 1. The van der Waals surface area contributed by atoms with Crippen molar-refractivity contribution in [2.24, 2.45) is 0 Å². The summed E-state index contributed by atoms with van der Waals surface area (Å²) in [5.41, 5.74) is 2.16. The summed E-state index contributed by atoms with van der Waals surface area (Å²) < 4.78 is 19.6. The third-order valence-electron chi connectivity index (χ3n) is 5.06. The summed E-state index contributed by atoms with van der Waals surface area (Å²) in [6, 6.07) is 15.0. The Labute approximate surface area is 168 Å². The molecule has 1 atom stereocenters. The van der Waals surface area contributed by atoms with E-state index in [1.165, 1.54) is 18.0 Å². The second-order valence-corrected chi connectivity index (χ2v) is 7.48. The van der Waals surface area contributed by atoms with E-state index in [0.717, 1.165) is 28.6 Å². The first kappa shape index (κ1) is 19.6. The van der Waals surface area contributed by atoms with Crippen molar-refractivity contribution in [3.8, 4) is 6.07 Å². The lowest BCUT2D eigenvalue weighted by atomic mass is 9.82. The van der Waals surface area contributed by atoms with Crippen LogP contribution in [-0.4, -0.2) is 10.8 Å². The molecule has 0 amide bonds. The number of aromatic nitrogens is 1. The van der Waals surface area contributed by atoms with E-state index in [4.69, 9.17) is 11.6 Å². The molecule has 1 aromatic heterocycles. The topological polar surface area (TPSA) is 40.8 Å². The van der Waals surface area contributed by atoms with Gasteiger partial charge in [-0.15, -0.1) is 0 Å². The van der Waals surface area contributed by atoms with Crippen LogP contribution in [0, 0.1) is 17.1 Å². The maximum Gasteiger partial charge on any atom is 0.127 e. The van der Waals surface area contributed by atoms with Crippen molar-refractivity contribution in [1.82, 2.24) is 4.57 Å². The van der Waals surface area contributed by atoms with Crippen molar-refractivity contribution < 1.29 is 4.39 Å². The molecule has 0 saturated heterocycles. The summed E-state index contributed by atoms with van der Waals surface area (Å²) in [4.78, 5) is 0. The molecule has 3 aromatic rings. The van der Waals surface area contributed by atoms with E-state index in [1.807, 2.05) is 42.8 Å². The number of nitrogens with one attached hydrogen (secondary N) is 1. The smallest absolute Gasteiger partial charge is 0.127 e. The first-order valence-corrected chi connectivity index (χ1v) is 10.4. The fourth-order valence-electron chi connectivity index (χ4n) is 3.75. The summed E-state index contributed by atoms with van der Waals surface area (Å²) in [5, 5.41) is 10.9. The van der Waals surface area contributed by atoms with Gasteiger partial charge in [0, 0.05) is 29.3 Å². The predicted molar refractivity (Wildman–Crippen MR) is 113 cm³/mol. The van der Waals surface area contributed by atoms with E-state index in [2.05, 4.69) is 22.3 Å². The van der Waals surface area contributed by atoms with Crippen LogP contribution in [0.2, 0.25) is 5.02 Å². The second-order valence-electron chi connectivity index (χ2n) is 6.43. The zero-order chi connectivity index (χ0) is 19.4. The van der Waals surface area contributed by atoms with Gasteiger partial charge in [0.1, 0.15) is 5.82 Å². The van der Waals surface area contributed by atoms with Gasteiger partial charge in [-0.25, -0.2) is 4.39 Å². The van der Waals surface area contributed by atoms with Crippen molar-refractivity contribution in [2.75, 3.05) is 11.0 Å². The van der Waals surface area contributed by atoms with E-state index < -0.39 is 5.54 Å². The third kappa shape index (κ3) is 3.65. The molecular weight excluding hydrogens is 381 g/mol. The molecule has 27 heavy (non-hydrogen) atoms. The van der Waals surface area contributed by atoms with E-state index in [1.54, 1.807) is 6.07 Å². The normalized spacial score (nSPS) is 13.3. The molecule has 1 heterocycles. The molecular formula is C21H21ClFN3S. The van der Waals surface area contributed by atoms with Crippen molar-refractivity contribution >= 4 is 40.1 Å². The molecule has 3 rings (SSSR count). The lowest BCUT2D eigenvalue weighted by Gasteiger charge is -2.36. The first-order valence-electron chi connectivity index (χ1n) is 8.79. The van der Waals surface area contributed by atoms with Gasteiger partial charge in [-0.3, -0.25) is 0 Å². The van der Waals surface area contributed by atoms with Gasteiger partial charge in [0.15, 0.2) is 0 Å². The van der Waals surface area contributed by atoms with Gasteiger partial charge in [0.25, 0.3) is 0 Å². The molecule has 0 spiro atoms. The van der Waals surface area contributed by atoms with Crippen LogP contribution in [0.25, 0.3) is 10.9 Å². The average molecular weight is 402 g/mol. The van der Waals surface area contributed by atoms with Gasteiger partial charge in [0.2, 0.25) is 0 Å². The van der Waals surface area contributed by atoms with Crippen molar-refractivity contribution in [3.63, 3.8) is 0 Å². The zero-order valence-electron chi connectivity index (χ0n) is 15.3. The summed E-state index contributed by atoms with van der Waals surface area (Å²) in [6.07, 6.45) is 5.70.